The molecule has 0 aliphatic heterocycles. The molecule has 134 valence electrons. The average Bonchev–Trinajstić information content (AvgIpc) is 2.61. The summed E-state index contributed by atoms with van der Waals surface area (Å²) in [7, 11) is 2.92. The van der Waals surface area contributed by atoms with E-state index in [2.05, 4.69) is 4.74 Å². The Kier molecular flexibility index (Phi) is 6.33. The summed E-state index contributed by atoms with van der Waals surface area (Å²) in [5.41, 5.74) is 13.5. The van der Waals surface area contributed by atoms with Gasteiger partial charge < -0.3 is 30.4 Å². The highest BCUT2D eigenvalue weighted by molar-refractivity contribution is 5.73. The number of nitrogen functional groups attached to an aromatic ring is 2. The number of hydrogen-bond donors (Lipinski definition) is 2. The summed E-state index contributed by atoms with van der Waals surface area (Å²) in [6.45, 7) is 0.603. The molecule has 0 saturated heterocycles. The van der Waals surface area contributed by atoms with Crippen molar-refractivity contribution in [1.82, 2.24) is 0 Å². The highest BCUT2D eigenvalue weighted by Crippen LogP contribution is 2.26. The van der Waals surface area contributed by atoms with Crippen LogP contribution in [-0.2, 0) is 16.0 Å². The van der Waals surface area contributed by atoms with E-state index in [0.29, 0.717) is 41.8 Å². The van der Waals surface area contributed by atoms with Gasteiger partial charge in [0.2, 0.25) is 0 Å². The van der Waals surface area contributed by atoms with Gasteiger partial charge in [-0.3, -0.25) is 4.79 Å². The number of ether oxygens (including phenoxy) is 4. The molecule has 0 atom stereocenters. The first-order chi connectivity index (χ1) is 12.0. The number of carbonyl (C=O) groups excluding carboxylic acids is 1. The maximum atomic E-state index is 11.3. The van der Waals surface area contributed by atoms with Crippen LogP contribution in [0.4, 0.5) is 11.4 Å². The van der Waals surface area contributed by atoms with Gasteiger partial charge >= 0.3 is 5.97 Å². The number of carbonyl (C=O) groups is 1. The van der Waals surface area contributed by atoms with Crippen LogP contribution >= 0.6 is 0 Å². The summed E-state index contributed by atoms with van der Waals surface area (Å²) >= 11 is 0. The van der Waals surface area contributed by atoms with Gasteiger partial charge in [0.05, 0.1) is 32.0 Å². The number of methoxy groups -OCH3 is 2. The zero-order valence-electron chi connectivity index (χ0n) is 14.3. The molecule has 0 bridgehead atoms. The van der Waals surface area contributed by atoms with Gasteiger partial charge in [0, 0.05) is 6.07 Å². The first kappa shape index (κ1) is 18.3. The molecule has 7 nitrogen and oxygen atoms in total. The number of hydrogen-bond acceptors (Lipinski definition) is 7. The number of esters is 1. The van der Waals surface area contributed by atoms with Gasteiger partial charge in [-0.15, -0.1) is 0 Å². The fourth-order valence-corrected chi connectivity index (χ4v) is 2.17. The summed E-state index contributed by atoms with van der Waals surface area (Å²) in [5.74, 6) is 1.44. The Labute approximate surface area is 146 Å². The van der Waals surface area contributed by atoms with Crippen LogP contribution in [0.1, 0.15) is 5.56 Å². The number of anilines is 2. The van der Waals surface area contributed by atoms with E-state index in [4.69, 9.17) is 25.7 Å². The lowest BCUT2D eigenvalue weighted by atomic mass is 10.1. The van der Waals surface area contributed by atoms with Crippen LogP contribution in [0.2, 0.25) is 0 Å². The lowest BCUT2D eigenvalue weighted by Crippen LogP contribution is -2.11. The lowest BCUT2D eigenvalue weighted by Gasteiger charge is -2.12. The van der Waals surface area contributed by atoms with E-state index in [9.17, 15) is 4.79 Å². The standard InChI is InChI=1S/C18H22N2O5/c1-22-13-4-6-17(15(20)11-13)25-8-7-24-16-5-3-12(9-14(16)19)10-18(21)23-2/h3-6,9,11H,7-8,10,19-20H2,1-2H3. The number of rotatable bonds is 8. The second-order valence-corrected chi connectivity index (χ2v) is 5.23. The van der Waals surface area contributed by atoms with Crippen molar-refractivity contribution >= 4 is 17.3 Å². The molecular weight excluding hydrogens is 324 g/mol. The maximum absolute atomic E-state index is 11.3. The Balaban J connectivity index is 1.84. The SMILES string of the molecule is COC(=O)Cc1ccc(OCCOc2ccc(OC)cc2N)c(N)c1. The monoisotopic (exact) mass is 346 g/mol. The van der Waals surface area contributed by atoms with Crippen LogP contribution in [-0.4, -0.2) is 33.4 Å². The zero-order chi connectivity index (χ0) is 18.2. The third kappa shape index (κ3) is 5.20. The molecule has 0 spiro atoms. The van der Waals surface area contributed by atoms with Crippen LogP contribution in [0.15, 0.2) is 36.4 Å². The first-order valence-electron chi connectivity index (χ1n) is 7.67. The maximum Gasteiger partial charge on any atom is 0.309 e. The molecule has 2 rings (SSSR count). The normalized spacial score (nSPS) is 10.2. The molecule has 0 heterocycles. The van der Waals surface area contributed by atoms with Gasteiger partial charge in [-0.1, -0.05) is 6.07 Å². The summed E-state index contributed by atoms with van der Waals surface area (Å²) < 4.78 is 20.9. The second kappa shape index (κ2) is 8.68. The second-order valence-electron chi connectivity index (χ2n) is 5.23. The molecule has 0 radical (unpaired) electrons. The van der Waals surface area contributed by atoms with Crippen molar-refractivity contribution in [1.29, 1.82) is 0 Å². The van der Waals surface area contributed by atoms with E-state index in [-0.39, 0.29) is 12.4 Å². The highest BCUT2D eigenvalue weighted by atomic mass is 16.5. The van der Waals surface area contributed by atoms with Crippen LogP contribution in [0, 0.1) is 0 Å². The van der Waals surface area contributed by atoms with Crippen molar-refractivity contribution in [2.24, 2.45) is 0 Å². The molecule has 0 fully saturated rings. The van der Waals surface area contributed by atoms with E-state index in [1.165, 1.54) is 7.11 Å². The lowest BCUT2D eigenvalue weighted by molar-refractivity contribution is -0.139. The van der Waals surface area contributed by atoms with Crippen molar-refractivity contribution < 1.29 is 23.7 Å². The molecule has 2 aromatic carbocycles. The summed E-state index contributed by atoms with van der Waals surface area (Å²) in [6.07, 6.45) is 0.167. The Bertz CT molecular complexity index is 733. The molecule has 25 heavy (non-hydrogen) atoms. The fraction of sp³-hybridized carbons (Fsp3) is 0.278. The van der Waals surface area contributed by atoms with Crippen LogP contribution in [0.5, 0.6) is 17.2 Å². The van der Waals surface area contributed by atoms with Crippen molar-refractivity contribution in [3.8, 4) is 17.2 Å². The first-order valence-corrected chi connectivity index (χ1v) is 7.67. The summed E-state index contributed by atoms with van der Waals surface area (Å²) in [5, 5.41) is 0. The Morgan fingerprint density at radius 3 is 2.04 bits per heavy atom. The molecule has 0 aliphatic rings. The third-order valence-electron chi connectivity index (χ3n) is 3.47. The third-order valence-corrected chi connectivity index (χ3v) is 3.47. The molecule has 4 N–H and O–H groups in total. The van der Waals surface area contributed by atoms with Crippen LogP contribution in [0.3, 0.4) is 0 Å². The van der Waals surface area contributed by atoms with Gasteiger partial charge in [-0.25, -0.2) is 0 Å². The largest absolute Gasteiger partial charge is 0.497 e. The predicted molar refractivity (Wildman–Crippen MR) is 95.0 cm³/mol. The summed E-state index contributed by atoms with van der Waals surface area (Å²) in [6, 6.07) is 10.4. The average molecular weight is 346 g/mol. The molecule has 0 aromatic heterocycles. The predicted octanol–water partition coefficient (Wildman–Crippen LogP) is 2.03. The van der Waals surface area contributed by atoms with E-state index in [0.717, 1.165) is 5.56 Å². The van der Waals surface area contributed by atoms with Crippen LogP contribution < -0.4 is 25.7 Å². The van der Waals surface area contributed by atoms with Crippen molar-refractivity contribution in [3.05, 3.63) is 42.0 Å². The molecule has 0 aliphatic carbocycles. The zero-order valence-corrected chi connectivity index (χ0v) is 14.3. The van der Waals surface area contributed by atoms with Crippen molar-refractivity contribution in [2.75, 3.05) is 38.9 Å². The van der Waals surface area contributed by atoms with E-state index >= 15 is 0 Å². The quantitative estimate of drug-likeness (QED) is 0.428. The molecule has 0 saturated carbocycles. The van der Waals surface area contributed by atoms with Gasteiger partial charge in [0.1, 0.15) is 30.5 Å². The van der Waals surface area contributed by atoms with E-state index in [1.807, 2.05) is 0 Å². The van der Waals surface area contributed by atoms with Gasteiger partial charge in [-0.2, -0.15) is 0 Å². The molecule has 0 unspecified atom stereocenters. The van der Waals surface area contributed by atoms with E-state index in [1.54, 1.807) is 43.5 Å². The van der Waals surface area contributed by atoms with Gasteiger partial charge in [0.25, 0.3) is 0 Å². The number of benzene rings is 2. The molecule has 2 aromatic rings. The number of nitrogens with two attached hydrogens (primary N) is 2. The Hall–Kier alpha value is -3.09. The van der Waals surface area contributed by atoms with Crippen molar-refractivity contribution in [2.45, 2.75) is 6.42 Å². The van der Waals surface area contributed by atoms with E-state index < -0.39 is 0 Å². The molecule has 0 amide bonds. The minimum absolute atomic E-state index is 0.167. The minimum Gasteiger partial charge on any atom is -0.497 e. The molecule has 7 heteroatoms. The summed E-state index contributed by atoms with van der Waals surface area (Å²) in [4.78, 5) is 11.3. The fourth-order valence-electron chi connectivity index (χ4n) is 2.17. The topological polar surface area (TPSA) is 106 Å². The molecular formula is C18H22N2O5. The minimum atomic E-state index is -0.321. The van der Waals surface area contributed by atoms with Gasteiger partial charge in [0.15, 0.2) is 0 Å². The van der Waals surface area contributed by atoms with Gasteiger partial charge in [-0.05, 0) is 29.8 Å². The Morgan fingerprint density at radius 2 is 1.52 bits per heavy atom. The van der Waals surface area contributed by atoms with Crippen molar-refractivity contribution in [3.63, 3.8) is 0 Å². The smallest absolute Gasteiger partial charge is 0.309 e. The Morgan fingerprint density at radius 1 is 0.920 bits per heavy atom. The van der Waals surface area contributed by atoms with Crippen LogP contribution in [0.25, 0.3) is 0 Å². The highest BCUT2D eigenvalue weighted by Gasteiger charge is 2.07.